The maximum atomic E-state index is 12.3. The summed E-state index contributed by atoms with van der Waals surface area (Å²) in [6.07, 6.45) is 1.32. The number of amides is 1. The topological polar surface area (TPSA) is 80.2 Å². The zero-order valence-electron chi connectivity index (χ0n) is 10.3. The van der Waals surface area contributed by atoms with Crippen molar-refractivity contribution < 1.29 is 13.2 Å². The van der Waals surface area contributed by atoms with Gasteiger partial charge in [-0.3, -0.25) is 4.79 Å². The first-order chi connectivity index (χ1) is 9.91. The van der Waals surface area contributed by atoms with E-state index < -0.39 is 15.9 Å². The fraction of sp³-hybridized carbons (Fsp3) is 0.0833. The molecule has 0 N–H and O–H groups in total. The van der Waals surface area contributed by atoms with Crippen LogP contribution in [0, 0.1) is 0 Å². The van der Waals surface area contributed by atoms with E-state index in [4.69, 9.17) is 23.2 Å². The third-order valence-electron chi connectivity index (χ3n) is 2.94. The molecule has 3 heterocycles. The smallest absolute Gasteiger partial charge is 0.268 e. The normalized spacial score (nSPS) is 16.1. The fourth-order valence-corrected chi connectivity index (χ4v) is 3.74. The van der Waals surface area contributed by atoms with Crippen molar-refractivity contribution in [1.82, 2.24) is 14.3 Å². The first-order valence-corrected chi connectivity index (χ1v) is 7.94. The lowest BCUT2D eigenvalue weighted by Crippen LogP contribution is -2.30. The molecule has 2 aromatic heterocycles. The molecule has 1 amide bonds. The lowest BCUT2D eigenvalue weighted by atomic mass is 10.2. The highest BCUT2D eigenvalue weighted by atomic mass is 35.5. The number of aromatic nitrogens is 2. The third-order valence-corrected chi connectivity index (χ3v) is 5.18. The summed E-state index contributed by atoms with van der Waals surface area (Å²) in [5, 5.41) is 0.133. The van der Waals surface area contributed by atoms with Crippen LogP contribution in [0.3, 0.4) is 0 Å². The Balaban J connectivity index is 2.05. The van der Waals surface area contributed by atoms with E-state index in [1.54, 1.807) is 0 Å². The predicted molar refractivity (Wildman–Crippen MR) is 75.6 cm³/mol. The highest BCUT2D eigenvalue weighted by Gasteiger charge is 2.42. The molecule has 0 aliphatic carbocycles. The summed E-state index contributed by atoms with van der Waals surface area (Å²) in [7, 11) is -3.99. The van der Waals surface area contributed by atoms with Crippen LogP contribution in [-0.4, -0.2) is 28.6 Å². The first kappa shape index (κ1) is 14.2. The van der Waals surface area contributed by atoms with E-state index in [1.807, 2.05) is 0 Å². The fourth-order valence-electron chi connectivity index (χ4n) is 1.97. The molecule has 0 bridgehead atoms. The van der Waals surface area contributed by atoms with Crippen LogP contribution in [0.1, 0.15) is 16.1 Å². The second-order valence-corrected chi connectivity index (χ2v) is 6.81. The standard InChI is InChI=1S/C12H7Cl2N3O3S/c13-8-3-4-10(14)16-9(8)6-17-12(18)7-2-1-5-15-11(7)21(17,19)20/h1-5H,6H2. The zero-order chi connectivity index (χ0) is 15.2. The molecule has 0 fully saturated rings. The summed E-state index contributed by atoms with van der Waals surface area (Å²) in [5.74, 6) is -0.657. The van der Waals surface area contributed by atoms with Gasteiger partial charge in [0, 0.05) is 6.20 Å². The Hall–Kier alpha value is -1.70. The molecule has 0 atom stereocenters. The van der Waals surface area contributed by atoms with Crippen LogP contribution in [0.2, 0.25) is 10.2 Å². The molecule has 1 aliphatic rings. The van der Waals surface area contributed by atoms with Crippen molar-refractivity contribution in [3.8, 4) is 0 Å². The average Bonchev–Trinajstić information content (AvgIpc) is 2.64. The highest BCUT2D eigenvalue weighted by Crippen LogP contribution is 2.30. The number of rotatable bonds is 2. The quantitative estimate of drug-likeness (QED) is 0.780. The van der Waals surface area contributed by atoms with Crippen LogP contribution in [0.4, 0.5) is 0 Å². The van der Waals surface area contributed by atoms with Crippen LogP contribution < -0.4 is 0 Å². The lowest BCUT2D eigenvalue weighted by Gasteiger charge is -2.14. The minimum atomic E-state index is -3.99. The van der Waals surface area contributed by atoms with Gasteiger partial charge in [-0.2, -0.15) is 8.42 Å². The van der Waals surface area contributed by atoms with Gasteiger partial charge in [-0.05, 0) is 24.3 Å². The third kappa shape index (κ3) is 2.27. The van der Waals surface area contributed by atoms with Gasteiger partial charge in [0.15, 0.2) is 5.03 Å². The van der Waals surface area contributed by atoms with Gasteiger partial charge in [-0.1, -0.05) is 23.2 Å². The molecule has 21 heavy (non-hydrogen) atoms. The van der Waals surface area contributed by atoms with Gasteiger partial charge in [0.05, 0.1) is 22.8 Å². The zero-order valence-corrected chi connectivity index (χ0v) is 12.7. The summed E-state index contributed by atoms with van der Waals surface area (Å²) in [6, 6.07) is 5.88. The van der Waals surface area contributed by atoms with E-state index in [1.165, 1.54) is 30.5 Å². The summed E-state index contributed by atoms with van der Waals surface area (Å²) in [6.45, 7) is -0.295. The summed E-state index contributed by atoms with van der Waals surface area (Å²) >= 11 is 11.7. The van der Waals surface area contributed by atoms with E-state index >= 15 is 0 Å². The Labute approximate surface area is 130 Å². The van der Waals surface area contributed by atoms with Crippen molar-refractivity contribution >= 4 is 39.1 Å². The van der Waals surface area contributed by atoms with E-state index in [0.717, 1.165) is 0 Å². The molecule has 2 aromatic rings. The van der Waals surface area contributed by atoms with Gasteiger partial charge < -0.3 is 0 Å². The molecule has 3 rings (SSSR count). The molecule has 0 spiro atoms. The Morgan fingerprint density at radius 2 is 1.95 bits per heavy atom. The number of fused-ring (bicyclic) bond motifs is 1. The van der Waals surface area contributed by atoms with Gasteiger partial charge in [0.1, 0.15) is 5.15 Å². The molecular formula is C12H7Cl2N3O3S. The number of halogens is 2. The van der Waals surface area contributed by atoms with Crippen molar-refractivity contribution in [2.75, 3.05) is 0 Å². The van der Waals surface area contributed by atoms with Crippen LogP contribution in [0.15, 0.2) is 35.5 Å². The molecule has 6 nitrogen and oxygen atoms in total. The molecule has 9 heteroatoms. The Kier molecular flexibility index (Phi) is 3.35. The van der Waals surface area contributed by atoms with Crippen molar-refractivity contribution in [1.29, 1.82) is 0 Å². The molecule has 0 radical (unpaired) electrons. The van der Waals surface area contributed by atoms with Crippen molar-refractivity contribution in [2.45, 2.75) is 11.6 Å². The van der Waals surface area contributed by atoms with Gasteiger partial charge >= 0.3 is 0 Å². The van der Waals surface area contributed by atoms with E-state index in [-0.39, 0.29) is 33.0 Å². The first-order valence-electron chi connectivity index (χ1n) is 5.74. The Bertz CT molecular complexity index is 855. The van der Waals surface area contributed by atoms with Crippen LogP contribution in [0.25, 0.3) is 0 Å². The van der Waals surface area contributed by atoms with Crippen molar-refractivity contribution in [3.63, 3.8) is 0 Å². The minimum Gasteiger partial charge on any atom is -0.268 e. The number of hydrogen-bond donors (Lipinski definition) is 0. The average molecular weight is 344 g/mol. The number of carbonyl (C=O) groups excluding carboxylic acids is 1. The lowest BCUT2D eigenvalue weighted by molar-refractivity contribution is 0.0864. The second-order valence-electron chi connectivity index (χ2n) is 4.24. The van der Waals surface area contributed by atoms with Crippen molar-refractivity contribution in [2.24, 2.45) is 0 Å². The maximum absolute atomic E-state index is 12.3. The predicted octanol–water partition coefficient (Wildman–Crippen LogP) is 2.13. The van der Waals surface area contributed by atoms with Gasteiger partial charge in [-0.15, -0.1) is 0 Å². The van der Waals surface area contributed by atoms with Crippen LogP contribution in [0.5, 0.6) is 0 Å². The molecule has 0 unspecified atom stereocenters. The van der Waals surface area contributed by atoms with E-state index in [9.17, 15) is 13.2 Å². The molecule has 1 aliphatic heterocycles. The van der Waals surface area contributed by atoms with E-state index in [2.05, 4.69) is 9.97 Å². The van der Waals surface area contributed by atoms with E-state index in [0.29, 0.717) is 4.31 Å². The SMILES string of the molecule is O=C1c2cccnc2S(=O)(=O)N1Cc1nc(Cl)ccc1Cl. The van der Waals surface area contributed by atoms with Crippen LogP contribution in [-0.2, 0) is 16.6 Å². The highest BCUT2D eigenvalue weighted by molar-refractivity contribution is 7.90. The largest absolute Gasteiger partial charge is 0.285 e. The molecule has 0 aromatic carbocycles. The summed E-state index contributed by atoms with van der Waals surface area (Å²) in [4.78, 5) is 19.9. The number of carbonyl (C=O) groups is 1. The number of sulfonamides is 1. The molecular weight excluding hydrogens is 337 g/mol. The number of pyridine rings is 2. The molecule has 108 valence electrons. The maximum Gasteiger partial charge on any atom is 0.285 e. The molecule has 0 saturated heterocycles. The van der Waals surface area contributed by atoms with Gasteiger partial charge in [0.2, 0.25) is 0 Å². The summed E-state index contributed by atoms with van der Waals surface area (Å²) < 4.78 is 25.4. The van der Waals surface area contributed by atoms with Crippen LogP contribution >= 0.6 is 23.2 Å². The minimum absolute atomic E-state index is 0.0376. The van der Waals surface area contributed by atoms with Gasteiger partial charge in [0.25, 0.3) is 15.9 Å². The van der Waals surface area contributed by atoms with Gasteiger partial charge in [-0.25, -0.2) is 14.3 Å². The Morgan fingerprint density at radius 1 is 1.19 bits per heavy atom. The summed E-state index contributed by atoms with van der Waals surface area (Å²) in [5.41, 5.74) is 0.240. The van der Waals surface area contributed by atoms with Crippen molar-refractivity contribution in [3.05, 3.63) is 51.9 Å². The number of hydrogen-bond acceptors (Lipinski definition) is 5. The monoisotopic (exact) mass is 343 g/mol. The number of nitrogens with zero attached hydrogens (tertiary/aromatic N) is 3. The second kappa shape index (κ2) is 4.94. The Morgan fingerprint density at radius 3 is 2.67 bits per heavy atom. The molecule has 0 saturated carbocycles.